The fourth-order valence-electron chi connectivity index (χ4n) is 8.87. The molecule has 8 heteroatoms. The molecular formula is C36H46N3O4S+. The van der Waals surface area contributed by atoms with Gasteiger partial charge in [0.2, 0.25) is 0 Å². The number of thioether (sulfide) groups is 1. The van der Waals surface area contributed by atoms with Crippen molar-refractivity contribution >= 4 is 34.5 Å². The van der Waals surface area contributed by atoms with Crippen LogP contribution < -0.4 is 4.57 Å². The molecule has 2 aromatic heterocycles. The lowest BCUT2D eigenvalue weighted by Gasteiger charge is -2.61. The number of rotatable bonds is 7. The van der Waals surface area contributed by atoms with Gasteiger partial charge >= 0.3 is 5.97 Å². The average Bonchev–Trinajstić information content (AvgIpc) is 3.58. The van der Waals surface area contributed by atoms with Gasteiger partial charge in [-0.3, -0.25) is 9.59 Å². The van der Waals surface area contributed by atoms with E-state index in [1.54, 1.807) is 0 Å². The summed E-state index contributed by atoms with van der Waals surface area (Å²) in [6.45, 7) is 15.5. The third-order valence-corrected chi connectivity index (χ3v) is 12.7. The number of hydrogen-bond acceptors (Lipinski definition) is 6. The Kier molecular flexibility index (Phi) is 8.06. The van der Waals surface area contributed by atoms with Crippen LogP contribution in [0.2, 0.25) is 0 Å². The molecule has 0 spiro atoms. The molecule has 3 saturated carbocycles. The van der Waals surface area contributed by atoms with Crippen molar-refractivity contribution in [2.75, 3.05) is 5.75 Å². The Bertz CT molecular complexity index is 1590. The number of aromatic amines is 1. The number of benzene rings is 1. The molecule has 0 amide bonds. The van der Waals surface area contributed by atoms with Crippen LogP contribution in [0.25, 0.3) is 11.0 Å². The van der Waals surface area contributed by atoms with Crippen LogP contribution in [0.4, 0.5) is 0 Å². The SMILES string of the molecule is C=C[C@]1(C)C[C@@H](OC(=O)CSc2nc3cc[n+](Cc4ccc(C)cc4)cc3[nH]2)[C@]2(C)[C@H](C)CC[C@]3(CCC(=O)[C@H]32)[C@@H](C)[C@@H]1O. The topological polar surface area (TPSA) is 96.2 Å². The number of ketones is 1. The molecule has 2 bridgehead atoms. The number of aliphatic hydroxyl groups is 1. The van der Waals surface area contributed by atoms with Crippen LogP contribution in [-0.2, 0) is 20.9 Å². The van der Waals surface area contributed by atoms with Crippen LogP contribution in [-0.4, -0.2) is 44.8 Å². The molecule has 2 N–H and O–H groups in total. The van der Waals surface area contributed by atoms with E-state index in [4.69, 9.17) is 9.72 Å². The summed E-state index contributed by atoms with van der Waals surface area (Å²) >= 11 is 1.33. The van der Waals surface area contributed by atoms with Gasteiger partial charge in [-0.05, 0) is 49.9 Å². The summed E-state index contributed by atoms with van der Waals surface area (Å²) in [5.41, 5.74) is 2.75. The molecular weight excluding hydrogens is 570 g/mol. The third-order valence-electron chi connectivity index (χ3n) is 11.8. The van der Waals surface area contributed by atoms with Gasteiger partial charge in [0.15, 0.2) is 24.1 Å². The second kappa shape index (κ2) is 11.4. The van der Waals surface area contributed by atoms with Crippen LogP contribution >= 0.6 is 11.8 Å². The van der Waals surface area contributed by atoms with Crippen molar-refractivity contribution in [1.29, 1.82) is 0 Å². The van der Waals surface area contributed by atoms with Crippen LogP contribution in [0.5, 0.6) is 0 Å². The number of hydrogen-bond donors (Lipinski definition) is 2. The van der Waals surface area contributed by atoms with Gasteiger partial charge in [-0.15, -0.1) is 6.58 Å². The highest BCUT2D eigenvalue weighted by Crippen LogP contribution is 2.68. The quantitative estimate of drug-likeness (QED) is 0.142. The summed E-state index contributed by atoms with van der Waals surface area (Å²) in [6, 6.07) is 10.5. The van der Waals surface area contributed by atoms with Crippen LogP contribution in [0.3, 0.4) is 0 Å². The average molecular weight is 617 g/mol. The second-order valence-corrected chi connectivity index (χ2v) is 15.3. The highest BCUT2D eigenvalue weighted by molar-refractivity contribution is 7.99. The van der Waals surface area contributed by atoms with Crippen LogP contribution in [0.15, 0.2) is 60.5 Å². The lowest BCUT2D eigenvalue weighted by Crippen LogP contribution is -2.63. The maximum Gasteiger partial charge on any atom is 0.316 e. The number of fused-ring (bicyclic) bond motifs is 1. The van der Waals surface area contributed by atoms with Crippen molar-refractivity contribution in [3.63, 3.8) is 0 Å². The van der Waals surface area contributed by atoms with E-state index in [9.17, 15) is 14.7 Å². The first-order chi connectivity index (χ1) is 20.9. The largest absolute Gasteiger partial charge is 0.461 e. The van der Waals surface area contributed by atoms with Crippen molar-refractivity contribution in [3.8, 4) is 0 Å². The minimum atomic E-state index is -0.675. The Morgan fingerprint density at radius 3 is 2.70 bits per heavy atom. The summed E-state index contributed by atoms with van der Waals surface area (Å²) in [6.07, 6.45) is 8.32. The predicted octanol–water partition coefficient (Wildman–Crippen LogP) is 6.21. The summed E-state index contributed by atoms with van der Waals surface area (Å²) in [5.74, 6) is -0.0592. The maximum atomic E-state index is 13.6. The molecule has 3 aliphatic carbocycles. The third kappa shape index (κ3) is 5.12. The number of ether oxygens (including phenoxy) is 1. The van der Waals surface area contributed by atoms with Crippen molar-refractivity contribution in [2.24, 2.45) is 34.0 Å². The fraction of sp³-hybridized carbons (Fsp3) is 0.556. The van der Waals surface area contributed by atoms with Crippen LogP contribution in [0.1, 0.15) is 70.9 Å². The summed E-state index contributed by atoms with van der Waals surface area (Å²) in [5, 5.41) is 12.4. The van der Waals surface area contributed by atoms with E-state index in [1.807, 2.05) is 31.5 Å². The molecule has 234 valence electrons. The Balaban J connectivity index is 1.21. The normalized spacial score (nSPS) is 35.1. The minimum absolute atomic E-state index is 0.0513. The zero-order valence-electron chi connectivity index (χ0n) is 26.6. The van der Waals surface area contributed by atoms with Gasteiger partial charge < -0.3 is 14.8 Å². The van der Waals surface area contributed by atoms with Crippen molar-refractivity contribution in [3.05, 3.63) is 66.5 Å². The number of carbonyl (C=O) groups excluding carboxylic acids is 2. The molecule has 3 fully saturated rings. The summed E-state index contributed by atoms with van der Waals surface area (Å²) in [4.78, 5) is 35.2. The number of esters is 1. The van der Waals surface area contributed by atoms with Crippen molar-refractivity contribution < 1.29 is 24.0 Å². The Morgan fingerprint density at radius 2 is 1.98 bits per heavy atom. The number of nitrogens with zero attached hydrogens (tertiary/aromatic N) is 2. The number of nitrogens with one attached hydrogen (secondary N) is 1. The molecule has 0 unspecified atom stereocenters. The number of pyridine rings is 1. The molecule has 0 saturated heterocycles. The molecule has 1 aromatic carbocycles. The van der Waals surface area contributed by atoms with Gasteiger partial charge in [0, 0.05) is 34.8 Å². The zero-order chi connectivity index (χ0) is 31.4. The highest BCUT2D eigenvalue weighted by atomic mass is 32.2. The molecule has 8 atom stereocenters. The van der Waals surface area contributed by atoms with Gasteiger partial charge in [-0.2, -0.15) is 4.57 Å². The van der Waals surface area contributed by atoms with Gasteiger partial charge in [0.25, 0.3) is 0 Å². The van der Waals surface area contributed by atoms with Crippen molar-refractivity contribution in [1.82, 2.24) is 9.97 Å². The molecule has 3 aromatic rings. The summed E-state index contributed by atoms with van der Waals surface area (Å²) < 4.78 is 8.51. The van der Waals surface area contributed by atoms with Gasteiger partial charge in [-0.1, -0.05) is 75.4 Å². The summed E-state index contributed by atoms with van der Waals surface area (Å²) in [7, 11) is 0. The Morgan fingerprint density at radius 1 is 1.23 bits per heavy atom. The first kappa shape index (κ1) is 31.0. The lowest BCUT2D eigenvalue weighted by atomic mass is 9.44. The van der Waals surface area contributed by atoms with E-state index in [0.717, 1.165) is 36.8 Å². The fourth-order valence-corrected chi connectivity index (χ4v) is 9.54. The Hall–Kier alpha value is -2.97. The van der Waals surface area contributed by atoms with Gasteiger partial charge in [-0.25, -0.2) is 4.98 Å². The first-order valence-corrected chi connectivity index (χ1v) is 17.0. The molecule has 0 radical (unpaired) electrons. The van der Waals surface area contributed by atoms with Crippen molar-refractivity contribution in [2.45, 2.75) is 90.6 Å². The van der Waals surface area contributed by atoms with Gasteiger partial charge in [0.05, 0.1) is 11.9 Å². The number of imidazole rings is 1. The van der Waals surface area contributed by atoms with E-state index in [-0.39, 0.29) is 40.7 Å². The van der Waals surface area contributed by atoms with E-state index in [0.29, 0.717) is 18.0 Å². The smallest absolute Gasteiger partial charge is 0.316 e. The monoisotopic (exact) mass is 616 g/mol. The standard InChI is InChI=1S/C36H45N3O4S/c1-7-34(5)18-29(35(6)23(3)12-15-36(24(4)32(34)42)16-13-28(40)31(35)36)43-30(41)21-44-33-37-26-14-17-39(20-27(26)38-33)19-25-10-8-22(2)9-11-25/h7-11,14,17,20,23-24,29,31-32,42H,1,12-13,15-16,18-19,21H2,2-6H3/p+1/t23-,24+,29-,31+,32+,34-,35+,36+/m1/s1. The lowest BCUT2D eigenvalue weighted by molar-refractivity contribution is -0.687. The molecule has 44 heavy (non-hydrogen) atoms. The number of aliphatic hydroxyl groups excluding tert-OH is 1. The molecule has 0 aliphatic heterocycles. The van der Waals surface area contributed by atoms with E-state index in [2.05, 4.69) is 68.1 Å². The highest BCUT2D eigenvalue weighted by Gasteiger charge is 2.68. The predicted molar refractivity (Wildman–Crippen MR) is 172 cm³/mol. The zero-order valence-corrected chi connectivity index (χ0v) is 27.5. The minimum Gasteiger partial charge on any atom is -0.461 e. The molecule has 7 nitrogen and oxygen atoms in total. The van der Waals surface area contributed by atoms with Gasteiger partial charge in [0.1, 0.15) is 22.9 Å². The number of H-pyrrole nitrogens is 1. The molecule has 2 heterocycles. The maximum absolute atomic E-state index is 13.6. The first-order valence-electron chi connectivity index (χ1n) is 16.0. The van der Waals surface area contributed by atoms with E-state index in [1.165, 1.54) is 22.9 Å². The van der Waals surface area contributed by atoms with E-state index >= 15 is 0 Å². The number of aryl methyl sites for hydroxylation is 1. The number of carbonyl (C=O) groups is 2. The van der Waals surface area contributed by atoms with E-state index < -0.39 is 23.0 Å². The number of Topliss-reactive ketones (excluding diaryl/α,β-unsaturated/α-hetero) is 1. The van der Waals surface area contributed by atoms with Crippen LogP contribution in [0, 0.1) is 40.9 Å². The number of aromatic nitrogens is 3. The second-order valence-electron chi connectivity index (χ2n) is 14.3. The Labute approximate surface area is 264 Å². The molecule has 6 rings (SSSR count). The molecule has 3 aliphatic rings.